The summed E-state index contributed by atoms with van der Waals surface area (Å²) in [6.07, 6.45) is 1.14. The number of hydrogen-bond acceptors (Lipinski definition) is 2. The largest absolute Gasteiger partial charge is 0.481 e. The summed E-state index contributed by atoms with van der Waals surface area (Å²) in [5.74, 6) is 0.613. The Morgan fingerprint density at radius 1 is 1.53 bits per heavy atom. The van der Waals surface area contributed by atoms with Gasteiger partial charge in [-0.15, -0.1) is 6.58 Å². The van der Waals surface area contributed by atoms with E-state index in [0.717, 1.165) is 11.3 Å². The van der Waals surface area contributed by atoms with Gasteiger partial charge in [0.1, 0.15) is 5.75 Å². The van der Waals surface area contributed by atoms with Crippen molar-refractivity contribution in [1.82, 2.24) is 5.32 Å². The van der Waals surface area contributed by atoms with Crippen LogP contribution in [0.1, 0.15) is 18.1 Å². The zero-order chi connectivity index (χ0) is 12.8. The maximum absolute atomic E-state index is 11.6. The Morgan fingerprint density at radius 3 is 2.82 bits per heavy atom. The molecule has 0 aliphatic carbocycles. The van der Waals surface area contributed by atoms with Gasteiger partial charge in [-0.05, 0) is 32.4 Å². The molecule has 0 unspecified atom stereocenters. The van der Waals surface area contributed by atoms with E-state index in [0.29, 0.717) is 6.54 Å². The van der Waals surface area contributed by atoms with Crippen molar-refractivity contribution in [3.8, 4) is 5.75 Å². The highest BCUT2D eigenvalue weighted by atomic mass is 16.5. The number of benzene rings is 1. The fourth-order valence-corrected chi connectivity index (χ4v) is 1.49. The van der Waals surface area contributed by atoms with Gasteiger partial charge in [-0.2, -0.15) is 0 Å². The van der Waals surface area contributed by atoms with Gasteiger partial charge >= 0.3 is 0 Å². The normalized spacial score (nSPS) is 11.7. The lowest BCUT2D eigenvalue weighted by Gasteiger charge is -2.16. The highest BCUT2D eigenvalue weighted by molar-refractivity contribution is 5.80. The van der Waals surface area contributed by atoms with Gasteiger partial charge in [-0.25, -0.2) is 0 Å². The maximum Gasteiger partial charge on any atom is 0.261 e. The van der Waals surface area contributed by atoms with Gasteiger partial charge in [0.05, 0.1) is 0 Å². The first kappa shape index (κ1) is 13.3. The smallest absolute Gasteiger partial charge is 0.261 e. The average Bonchev–Trinajstić information content (AvgIpc) is 2.29. The SMILES string of the molecule is C=CCNC(=O)[C@H](C)Oc1ccc(C)cc1C. The van der Waals surface area contributed by atoms with Crippen molar-refractivity contribution in [1.29, 1.82) is 0 Å². The van der Waals surface area contributed by atoms with Crippen LogP contribution in [0.5, 0.6) is 5.75 Å². The van der Waals surface area contributed by atoms with E-state index in [1.807, 2.05) is 32.0 Å². The van der Waals surface area contributed by atoms with Crippen LogP contribution in [0.3, 0.4) is 0 Å². The summed E-state index contributed by atoms with van der Waals surface area (Å²) in [7, 11) is 0. The number of carbonyl (C=O) groups excluding carboxylic acids is 1. The molecule has 0 fully saturated rings. The van der Waals surface area contributed by atoms with Crippen LogP contribution in [0.2, 0.25) is 0 Å². The van der Waals surface area contributed by atoms with Crippen LogP contribution in [-0.4, -0.2) is 18.6 Å². The van der Waals surface area contributed by atoms with Gasteiger partial charge in [0.15, 0.2) is 6.10 Å². The molecule has 1 amide bonds. The molecule has 1 aromatic carbocycles. The highest BCUT2D eigenvalue weighted by Gasteiger charge is 2.14. The first-order chi connectivity index (χ1) is 8.04. The molecular formula is C14H19NO2. The minimum Gasteiger partial charge on any atom is -0.481 e. The second kappa shape index (κ2) is 6.09. The summed E-state index contributed by atoms with van der Waals surface area (Å²) in [4.78, 5) is 11.6. The number of rotatable bonds is 5. The number of amides is 1. The van der Waals surface area contributed by atoms with Crippen molar-refractivity contribution in [3.63, 3.8) is 0 Å². The van der Waals surface area contributed by atoms with Gasteiger partial charge in [0.2, 0.25) is 0 Å². The van der Waals surface area contributed by atoms with Crippen molar-refractivity contribution in [2.75, 3.05) is 6.54 Å². The highest BCUT2D eigenvalue weighted by Crippen LogP contribution is 2.19. The van der Waals surface area contributed by atoms with E-state index in [-0.39, 0.29) is 5.91 Å². The van der Waals surface area contributed by atoms with Gasteiger partial charge in [0.25, 0.3) is 5.91 Å². The van der Waals surface area contributed by atoms with Crippen LogP contribution >= 0.6 is 0 Å². The fraction of sp³-hybridized carbons (Fsp3) is 0.357. The molecule has 17 heavy (non-hydrogen) atoms. The second-order valence-corrected chi connectivity index (χ2v) is 4.06. The lowest BCUT2D eigenvalue weighted by molar-refractivity contribution is -0.127. The predicted octanol–water partition coefficient (Wildman–Crippen LogP) is 2.37. The first-order valence-electron chi connectivity index (χ1n) is 5.67. The third kappa shape index (κ3) is 3.94. The number of carbonyl (C=O) groups is 1. The van der Waals surface area contributed by atoms with Gasteiger partial charge in [-0.1, -0.05) is 23.8 Å². The van der Waals surface area contributed by atoms with Crippen molar-refractivity contribution in [2.24, 2.45) is 0 Å². The molecule has 0 saturated heterocycles. The Balaban J connectivity index is 2.64. The van der Waals surface area contributed by atoms with Crippen molar-refractivity contribution in [3.05, 3.63) is 42.0 Å². The molecular weight excluding hydrogens is 214 g/mol. The van der Waals surface area contributed by atoms with Gasteiger partial charge < -0.3 is 10.1 Å². The summed E-state index contributed by atoms with van der Waals surface area (Å²) in [5, 5.41) is 2.70. The molecule has 0 heterocycles. The standard InChI is InChI=1S/C14H19NO2/c1-5-8-15-14(16)12(4)17-13-7-6-10(2)9-11(13)3/h5-7,9,12H,1,8H2,2-4H3,(H,15,16)/t12-/m0/s1. The van der Waals surface area contributed by atoms with Crippen molar-refractivity contribution in [2.45, 2.75) is 26.9 Å². The molecule has 92 valence electrons. The van der Waals surface area contributed by atoms with Crippen LogP contribution in [0.25, 0.3) is 0 Å². The second-order valence-electron chi connectivity index (χ2n) is 4.06. The summed E-state index contributed by atoms with van der Waals surface area (Å²) < 4.78 is 5.61. The van der Waals surface area contributed by atoms with Crippen LogP contribution in [0.15, 0.2) is 30.9 Å². The molecule has 0 bridgehead atoms. The fourth-order valence-electron chi connectivity index (χ4n) is 1.49. The molecule has 1 N–H and O–H groups in total. The monoisotopic (exact) mass is 233 g/mol. The molecule has 1 atom stereocenters. The van der Waals surface area contributed by atoms with E-state index >= 15 is 0 Å². The molecule has 0 aromatic heterocycles. The van der Waals surface area contributed by atoms with Crippen molar-refractivity contribution >= 4 is 5.91 Å². The van der Waals surface area contributed by atoms with Crippen LogP contribution in [0.4, 0.5) is 0 Å². The number of ether oxygens (including phenoxy) is 1. The van der Waals surface area contributed by atoms with Crippen LogP contribution < -0.4 is 10.1 Å². The first-order valence-corrected chi connectivity index (χ1v) is 5.67. The molecule has 3 heteroatoms. The molecule has 1 rings (SSSR count). The van der Waals surface area contributed by atoms with Crippen molar-refractivity contribution < 1.29 is 9.53 Å². The quantitative estimate of drug-likeness (QED) is 0.793. The summed E-state index contributed by atoms with van der Waals surface area (Å²) in [6, 6.07) is 5.89. The van der Waals surface area contributed by atoms with Gasteiger partial charge in [-0.3, -0.25) is 4.79 Å². The molecule has 0 aliphatic rings. The Kier molecular flexibility index (Phi) is 4.76. The number of aryl methyl sites for hydroxylation is 2. The number of nitrogens with one attached hydrogen (secondary N) is 1. The van der Waals surface area contributed by atoms with Crippen LogP contribution in [-0.2, 0) is 4.79 Å². The van der Waals surface area contributed by atoms with Gasteiger partial charge in [0, 0.05) is 6.54 Å². The molecule has 0 aliphatic heterocycles. The molecule has 1 aromatic rings. The Labute approximate surface area is 102 Å². The topological polar surface area (TPSA) is 38.3 Å². The molecule has 0 radical (unpaired) electrons. The molecule has 0 saturated carbocycles. The summed E-state index contributed by atoms with van der Waals surface area (Å²) in [5.41, 5.74) is 2.21. The van der Waals surface area contributed by atoms with E-state index in [1.54, 1.807) is 13.0 Å². The number of hydrogen-bond donors (Lipinski definition) is 1. The lowest BCUT2D eigenvalue weighted by atomic mass is 10.1. The summed E-state index contributed by atoms with van der Waals surface area (Å²) >= 11 is 0. The van der Waals surface area contributed by atoms with E-state index in [4.69, 9.17) is 4.74 Å². The molecule has 0 spiro atoms. The van der Waals surface area contributed by atoms with E-state index < -0.39 is 6.10 Å². The van der Waals surface area contributed by atoms with Crippen LogP contribution in [0, 0.1) is 13.8 Å². The van der Waals surface area contributed by atoms with E-state index in [9.17, 15) is 4.79 Å². The zero-order valence-electron chi connectivity index (χ0n) is 10.6. The summed E-state index contributed by atoms with van der Waals surface area (Å²) in [6.45, 7) is 9.73. The van der Waals surface area contributed by atoms with E-state index in [2.05, 4.69) is 11.9 Å². The minimum absolute atomic E-state index is 0.134. The lowest BCUT2D eigenvalue weighted by Crippen LogP contribution is -2.36. The predicted molar refractivity (Wildman–Crippen MR) is 69.2 cm³/mol. The Bertz CT molecular complexity index is 413. The Hall–Kier alpha value is -1.77. The average molecular weight is 233 g/mol. The van der Waals surface area contributed by atoms with E-state index in [1.165, 1.54) is 5.56 Å². The third-order valence-corrected chi connectivity index (χ3v) is 2.42. The minimum atomic E-state index is -0.503. The molecule has 3 nitrogen and oxygen atoms in total. The maximum atomic E-state index is 11.6. The third-order valence-electron chi connectivity index (χ3n) is 2.42. The Morgan fingerprint density at radius 2 is 2.24 bits per heavy atom. The zero-order valence-corrected chi connectivity index (χ0v) is 10.6.